The van der Waals surface area contributed by atoms with Gasteiger partial charge in [-0.05, 0) is 62.9 Å². The summed E-state index contributed by atoms with van der Waals surface area (Å²) in [6, 6.07) is 2.90. The van der Waals surface area contributed by atoms with E-state index in [1.54, 1.807) is 13.8 Å². The molecule has 0 amide bonds. The molecule has 2 N–H and O–H groups in total. The van der Waals surface area contributed by atoms with Gasteiger partial charge in [-0.15, -0.1) is 0 Å². The highest BCUT2D eigenvalue weighted by Gasteiger charge is 2.21. The summed E-state index contributed by atoms with van der Waals surface area (Å²) in [7, 11) is -3.57. The average molecular weight is 300 g/mol. The van der Waals surface area contributed by atoms with Gasteiger partial charge in [-0.2, -0.15) is 0 Å². The van der Waals surface area contributed by atoms with Crippen LogP contribution < -0.4 is 10.0 Å². The maximum absolute atomic E-state index is 13.2. The Balaban J connectivity index is 2.06. The first-order valence-electron chi connectivity index (χ1n) is 6.90. The summed E-state index contributed by atoms with van der Waals surface area (Å²) < 4.78 is 40.5. The first-order chi connectivity index (χ1) is 9.40. The molecule has 1 fully saturated rings. The van der Waals surface area contributed by atoms with Crippen LogP contribution in [0.3, 0.4) is 0 Å². The van der Waals surface area contributed by atoms with Gasteiger partial charge >= 0.3 is 0 Å². The first kappa shape index (κ1) is 15.4. The molecular formula is C14H21FN2O2S. The van der Waals surface area contributed by atoms with Crippen LogP contribution in [0.15, 0.2) is 17.0 Å². The molecule has 0 radical (unpaired) electrons. The molecule has 0 unspecified atom stereocenters. The molecule has 1 aromatic carbocycles. The van der Waals surface area contributed by atoms with Crippen LogP contribution in [-0.4, -0.2) is 27.5 Å². The van der Waals surface area contributed by atoms with Crippen molar-refractivity contribution in [2.45, 2.75) is 44.0 Å². The molecule has 112 valence electrons. The number of hydrogen-bond acceptors (Lipinski definition) is 3. The first-order valence-corrected chi connectivity index (χ1v) is 8.38. The minimum Gasteiger partial charge on any atom is -0.314 e. The normalized spacial score (nSPS) is 19.4. The van der Waals surface area contributed by atoms with E-state index in [9.17, 15) is 12.8 Å². The van der Waals surface area contributed by atoms with E-state index in [2.05, 4.69) is 10.0 Å². The van der Waals surface area contributed by atoms with Crippen LogP contribution in [0.25, 0.3) is 0 Å². The molecule has 4 nitrogen and oxygen atoms in total. The van der Waals surface area contributed by atoms with E-state index >= 15 is 0 Å². The van der Waals surface area contributed by atoms with Crippen molar-refractivity contribution in [1.29, 1.82) is 0 Å². The summed E-state index contributed by atoms with van der Waals surface area (Å²) in [5.74, 6) is -0.408. The van der Waals surface area contributed by atoms with Gasteiger partial charge in [0, 0.05) is 12.6 Å². The molecule has 2 rings (SSSR count). The molecule has 1 aliphatic heterocycles. The second kappa shape index (κ2) is 6.20. The van der Waals surface area contributed by atoms with E-state index in [0.717, 1.165) is 25.8 Å². The molecule has 1 heterocycles. The van der Waals surface area contributed by atoms with Crippen LogP contribution in [0.5, 0.6) is 0 Å². The number of halogens is 1. The molecule has 20 heavy (non-hydrogen) atoms. The Kier molecular flexibility index (Phi) is 4.78. The van der Waals surface area contributed by atoms with Gasteiger partial charge in [0.15, 0.2) is 0 Å². The highest BCUT2D eigenvalue weighted by molar-refractivity contribution is 7.89. The highest BCUT2D eigenvalue weighted by atomic mass is 32.2. The fourth-order valence-corrected chi connectivity index (χ4v) is 4.26. The van der Waals surface area contributed by atoms with Crippen LogP contribution in [0, 0.1) is 19.7 Å². The van der Waals surface area contributed by atoms with Gasteiger partial charge in [0.05, 0.1) is 4.90 Å². The van der Waals surface area contributed by atoms with Crippen molar-refractivity contribution in [2.24, 2.45) is 0 Å². The third-order valence-electron chi connectivity index (χ3n) is 3.64. The molecule has 1 aromatic rings. The van der Waals surface area contributed by atoms with Crippen molar-refractivity contribution in [2.75, 3.05) is 13.1 Å². The molecule has 1 atom stereocenters. The lowest BCUT2D eigenvalue weighted by atomic mass is 10.1. The minimum absolute atomic E-state index is 0.193. The van der Waals surface area contributed by atoms with Crippen molar-refractivity contribution in [3.63, 3.8) is 0 Å². The predicted molar refractivity (Wildman–Crippen MR) is 76.7 cm³/mol. The molecule has 0 aliphatic carbocycles. The number of sulfonamides is 1. The molecule has 0 saturated carbocycles. The SMILES string of the molecule is Cc1cc(F)cc(C)c1S(=O)(=O)NCC[C@@H]1CCCN1. The Bertz CT molecular complexity index is 558. The molecule has 1 aliphatic rings. The third-order valence-corrected chi connectivity index (χ3v) is 5.41. The van der Waals surface area contributed by atoms with Crippen molar-refractivity contribution < 1.29 is 12.8 Å². The largest absolute Gasteiger partial charge is 0.314 e. The maximum Gasteiger partial charge on any atom is 0.241 e. The minimum atomic E-state index is -3.57. The predicted octanol–water partition coefficient (Wildman–Crippen LogP) is 1.86. The second-order valence-corrected chi connectivity index (χ2v) is 7.05. The number of hydrogen-bond donors (Lipinski definition) is 2. The van der Waals surface area contributed by atoms with Crippen LogP contribution in [-0.2, 0) is 10.0 Å². The third kappa shape index (κ3) is 3.56. The van der Waals surface area contributed by atoms with Gasteiger partial charge < -0.3 is 5.32 Å². The van der Waals surface area contributed by atoms with Crippen molar-refractivity contribution >= 4 is 10.0 Å². The van der Waals surface area contributed by atoms with Gasteiger partial charge in [-0.1, -0.05) is 0 Å². The number of aryl methyl sites for hydroxylation is 2. The Morgan fingerprint density at radius 3 is 2.55 bits per heavy atom. The van der Waals surface area contributed by atoms with Crippen molar-refractivity contribution in [3.05, 3.63) is 29.1 Å². The van der Waals surface area contributed by atoms with Gasteiger partial charge in [-0.3, -0.25) is 0 Å². The molecule has 0 spiro atoms. The van der Waals surface area contributed by atoms with Crippen molar-refractivity contribution in [1.82, 2.24) is 10.0 Å². The van der Waals surface area contributed by atoms with E-state index in [0.29, 0.717) is 23.7 Å². The van der Waals surface area contributed by atoms with E-state index < -0.39 is 15.8 Å². The molecule has 0 aromatic heterocycles. The van der Waals surface area contributed by atoms with Crippen LogP contribution in [0.4, 0.5) is 4.39 Å². The second-order valence-electron chi connectivity index (χ2n) is 5.35. The lowest BCUT2D eigenvalue weighted by molar-refractivity contribution is 0.539. The summed E-state index contributed by atoms with van der Waals surface area (Å²) in [6.07, 6.45) is 3.02. The van der Waals surface area contributed by atoms with Gasteiger partial charge in [0.25, 0.3) is 0 Å². The monoisotopic (exact) mass is 300 g/mol. The van der Waals surface area contributed by atoms with Crippen LogP contribution in [0.2, 0.25) is 0 Å². The molecule has 0 bridgehead atoms. The van der Waals surface area contributed by atoms with Crippen LogP contribution in [0.1, 0.15) is 30.4 Å². The van der Waals surface area contributed by atoms with Gasteiger partial charge in [-0.25, -0.2) is 17.5 Å². The fourth-order valence-electron chi connectivity index (χ4n) is 2.76. The zero-order valence-electron chi connectivity index (χ0n) is 11.9. The molecular weight excluding hydrogens is 279 g/mol. The number of rotatable bonds is 5. The quantitative estimate of drug-likeness (QED) is 0.872. The topological polar surface area (TPSA) is 58.2 Å². The maximum atomic E-state index is 13.2. The van der Waals surface area contributed by atoms with Crippen LogP contribution >= 0.6 is 0 Å². The Morgan fingerprint density at radius 2 is 2.00 bits per heavy atom. The average Bonchev–Trinajstić information content (AvgIpc) is 2.79. The van der Waals surface area contributed by atoms with E-state index in [4.69, 9.17) is 0 Å². The summed E-state index contributed by atoms with van der Waals surface area (Å²) in [5, 5.41) is 3.33. The summed E-state index contributed by atoms with van der Waals surface area (Å²) >= 11 is 0. The number of benzene rings is 1. The standard InChI is InChI=1S/C14H21FN2O2S/c1-10-8-12(15)9-11(2)14(10)20(18,19)17-7-5-13-4-3-6-16-13/h8-9,13,16-17H,3-7H2,1-2H3/t13-/m0/s1. The summed E-state index contributed by atoms with van der Waals surface area (Å²) in [4.78, 5) is 0.193. The summed E-state index contributed by atoms with van der Waals surface area (Å²) in [5.41, 5.74) is 0.878. The zero-order chi connectivity index (χ0) is 14.8. The Morgan fingerprint density at radius 1 is 1.35 bits per heavy atom. The highest BCUT2D eigenvalue weighted by Crippen LogP contribution is 2.21. The van der Waals surface area contributed by atoms with E-state index in [1.165, 1.54) is 12.1 Å². The smallest absolute Gasteiger partial charge is 0.241 e. The summed E-state index contributed by atoms with van der Waals surface area (Å²) in [6.45, 7) is 4.64. The van der Waals surface area contributed by atoms with Crippen molar-refractivity contribution in [3.8, 4) is 0 Å². The lowest BCUT2D eigenvalue weighted by Gasteiger charge is -2.14. The molecule has 6 heteroatoms. The Hall–Kier alpha value is -0.980. The zero-order valence-corrected chi connectivity index (χ0v) is 12.7. The van der Waals surface area contributed by atoms with E-state index in [1.807, 2.05) is 0 Å². The number of nitrogens with one attached hydrogen (secondary N) is 2. The lowest BCUT2D eigenvalue weighted by Crippen LogP contribution is -2.31. The van der Waals surface area contributed by atoms with Gasteiger partial charge in [0.1, 0.15) is 5.82 Å². The Labute approximate surface area is 119 Å². The molecule has 1 saturated heterocycles. The fraction of sp³-hybridized carbons (Fsp3) is 0.571. The van der Waals surface area contributed by atoms with Gasteiger partial charge in [0.2, 0.25) is 10.0 Å². The van der Waals surface area contributed by atoms with E-state index in [-0.39, 0.29) is 4.90 Å².